The molecule has 2 saturated heterocycles. The Labute approximate surface area is 129 Å². The van der Waals surface area contributed by atoms with Crippen molar-refractivity contribution in [3.63, 3.8) is 0 Å². The van der Waals surface area contributed by atoms with Gasteiger partial charge in [-0.2, -0.15) is 11.8 Å². The van der Waals surface area contributed by atoms with E-state index in [9.17, 15) is 0 Å². The Balaban J connectivity index is 1.72. The number of hydrogen-bond acceptors (Lipinski definition) is 4. The first-order valence-corrected chi connectivity index (χ1v) is 9.13. The van der Waals surface area contributed by atoms with Crippen molar-refractivity contribution >= 4 is 22.9 Å². The van der Waals surface area contributed by atoms with Gasteiger partial charge in [0.05, 0.1) is 5.25 Å². The Morgan fingerprint density at radius 3 is 3.10 bits per heavy atom. The molecule has 4 heterocycles. The predicted molar refractivity (Wildman–Crippen MR) is 87.6 cm³/mol. The molecule has 0 radical (unpaired) electrons. The molecule has 112 valence electrons. The van der Waals surface area contributed by atoms with Gasteiger partial charge < -0.3 is 9.88 Å². The van der Waals surface area contributed by atoms with Gasteiger partial charge in [0.1, 0.15) is 11.3 Å². The first kappa shape index (κ1) is 13.6. The summed E-state index contributed by atoms with van der Waals surface area (Å²) in [5.41, 5.74) is 2.11. The Morgan fingerprint density at radius 2 is 2.29 bits per heavy atom. The molecule has 2 aliphatic rings. The van der Waals surface area contributed by atoms with Gasteiger partial charge in [-0.05, 0) is 50.1 Å². The van der Waals surface area contributed by atoms with Gasteiger partial charge in [-0.25, -0.2) is 9.97 Å². The highest BCUT2D eigenvalue weighted by Crippen LogP contribution is 2.38. The molecule has 0 spiro atoms. The standard InChI is InChI=1S/C16H22N4S/c1-2-10-21-14(7-1)16-19-13-6-4-9-18-15(13)20(16)11-12-5-3-8-17-12/h4,6,9,12,14,17H,1-3,5,7-8,10-11H2. The van der Waals surface area contributed by atoms with E-state index in [0.717, 1.165) is 24.3 Å². The third-order valence-corrected chi connectivity index (χ3v) is 5.94. The van der Waals surface area contributed by atoms with Gasteiger partial charge in [0.2, 0.25) is 0 Å². The van der Waals surface area contributed by atoms with Gasteiger partial charge in [-0.3, -0.25) is 0 Å². The minimum atomic E-state index is 0.550. The van der Waals surface area contributed by atoms with Crippen molar-refractivity contribution in [1.82, 2.24) is 19.9 Å². The second-order valence-electron chi connectivity index (χ2n) is 6.08. The average Bonchev–Trinajstić information content (AvgIpc) is 3.17. The summed E-state index contributed by atoms with van der Waals surface area (Å²) in [5, 5.41) is 4.16. The van der Waals surface area contributed by atoms with Gasteiger partial charge in [-0.15, -0.1) is 0 Å². The molecule has 2 fully saturated rings. The highest BCUT2D eigenvalue weighted by atomic mass is 32.2. The van der Waals surface area contributed by atoms with Crippen LogP contribution in [0.5, 0.6) is 0 Å². The van der Waals surface area contributed by atoms with Crippen LogP contribution in [-0.2, 0) is 6.54 Å². The molecular weight excluding hydrogens is 280 g/mol. The summed E-state index contributed by atoms with van der Waals surface area (Å²) in [4.78, 5) is 9.53. The highest BCUT2D eigenvalue weighted by Gasteiger charge is 2.25. The molecule has 2 atom stereocenters. The molecule has 4 rings (SSSR count). The monoisotopic (exact) mass is 302 g/mol. The summed E-state index contributed by atoms with van der Waals surface area (Å²) in [7, 11) is 0. The molecule has 21 heavy (non-hydrogen) atoms. The fourth-order valence-electron chi connectivity index (χ4n) is 3.48. The molecule has 2 aromatic rings. The Morgan fingerprint density at radius 1 is 1.29 bits per heavy atom. The van der Waals surface area contributed by atoms with Crippen LogP contribution in [0.15, 0.2) is 18.3 Å². The van der Waals surface area contributed by atoms with E-state index >= 15 is 0 Å². The molecular formula is C16H22N4S. The molecule has 1 N–H and O–H groups in total. The van der Waals surface area contributed by atoms with Crippen molar-refractivity contribution < 1.29 is 0 Å². The summed E-state index contributed by atoms with van der Waals surface area (Å²) >= 11 is 2.07. The van der Waals surface area contributed by atoms with E-state index in [1.165, 1.54) is 43.7 Å². The lowest BCUT2D eigenvalue weighted by Gasteiger charge is -2.23. The zero-order valence-corrected chi connectivity index (χ0v) is 13.1. The van der Waals surface area contributed by atoms with Crippen molar-refractivity contribution in [2.45, 2.75) is 49.9 Å². The summed E-state index contributed by atoms with van der Waals surface area (Å²) in [6.45, 7) is 2.16. The van der Waals surface area contributed by atoms with Crippen LogP contribution in [0.3, 0.4) is 0 Å². The normalized spacial score (nSPS) is 26.5. The fraction of sp³-hybridized carbons (Fsp3) is 0.625. The highest BCUT2D eigenvalue weighted by molar-refractivity contribution is 7.99. The summed E-state index contributed by atoms with van der Waals surface area (Å²) in [6.07, 6.45) is 8.38. The molecule has 5 heteroatoms. The van der Waals surface area contributed by atoms with Crippen molar-refractivity contribution in [3.05, 3.63) is 24.2 Å². The Hall–Kier alpha value is -1.07. The van der Waals surface area contributed by atoms with E-state index in [2.05, 4.69) is 32.7 Å². The van der Waals surface area contributed by atoms with Crippen LogP contribution in [-0.4, -0.2) is 32.9 Å². The number of imidazole rings is 1. The molecule has 2 aliphatic heterocycles. The summed E-state index contributed by atoms with van der Waals surface area (Å²) < 4.78 is 2.39. The lowest BCUT2D eigenvalue weighted by molar-refractivity contribution is 0.496. The minimum Gasteiger partial charge on any atom is -0.312 e. The zero-order valence-electron chi connectivity index (χ0n) is 12.3. The van der Waals surface area contributed by atoms with Crippen LogP contribution in [0, 0.1) is 0 Å². The summed E-state index contributed by atoms with van der Waals surface area (Å²) in [6, 6.07) is 4.67. The third-order valence-electron chi connectivity index (χ3n) is 4.57. The smallest absolute Gasteiger partial charge is 0.160 e. The molecule has 2 unspecified atom stereocenters. The lowest BCUT2D eigenvalue weighted by Crippen LogP contribution is -2.28. The minimum absolute atomic E-state index is 0.550. The number of fused-ring (bicyclic) bond motifs is 1. The number of pyridine rings is 1. The molecule has 0 saturated carbocycles. The maximum absolute atomic E-state index is 4.93. The van der Waals surface area contributed by atoms with Crippen molar-refractivity contribution in [1.29, 1.82) is 0 Å². The number of hydrogen-bond donors (Lipinski definition) is 1. The predicted octanol–water partition coefficient (Wildman–Crippen LogP) is 3.14. The zero-order chi connectivity index (χ0) is 14.1. The van der Waals surface area contributed by atoms with Crippen LogP contribution in [0.2, 0.25) is 0 Å². The van der Waals surface area contributed by atoms with E-state index in [0.29, 0.717) is 11.3 Å². The SMILES string of the molecule is c1cnc2c(c1)nc(C1CCCCS1)n2CC1CCCN1. The van der Waals surface area contributed by atoms with Crippen molar-refractivity contribution in [3.8, 4) is 0 Å². The number of rotatable bonds is 3. The van der Waals surface area contributed by atoms with Crippen LogP contribution in [0.1, 0.15) is 43.2 Å². The van der Waals surface area contributed by atoms with Gasteiger partial charge >= 0.3 is 0 Å². The van der Waals surface area contributed by atoms with Crippen molar-refractivity contribution in [2.75, 3.05) is 12.3 Å². The van der Waals surface area contributed by atoms with E-state index in [1.54, 1.807) is 0 Å². The molecule has 0 bridgehead atoms. The van der Waals surface area contributed by atoms with E-state index < -0.39 is 0 Å². The van der Waals surface area contributed by atoms with Crippen LogP contribution in [0.4, 0.5) is 0 Å². The maximum atomic E-state index is 4.93. The van der Waals surface area contributed by atoms with E-state index in [-0.39, 0.29) is 0 Å². The van der Waals surface area contributed by atoms with Gasteiger partial charge in [0.25, 0.3) is 0 Å². The Bertz CT molecular complexity index is 612. The fourth-order valence-corrected chi connectivity index (χ4v) is 4.80. The first-order chi connectivity index (χ1) is 10.4. The van der Waals surface area contributed by atoms with Crippen molar-refractivity contribution in [2.24, 2.45) is 0 Å². The van der Waals surface area contributed by atoms with Gasteiger partial charge in [0, 0.05) is 18.8 Å². The second kappa shape index (κ2) is 5.97. The molecule has 2 aromatic heterocycles. The molecule has 4 nitrogen and oxygen atoms in total. The second-order valence-corrected chi connectivity index (χ2v) is 7.39. The molecule has 0 amide bonds. The topological polar surface area (TPSA) is 42.7 Å². The average molecular weight is 302 g/mol. The first-order valence-electron chi connectivity index (χ1n) is 8.08. The maximum Gasteiger partial charge on any atom is 0.160 e. The Kier molecular flexibility index (Phi) is 3.86. The quantitative estimate of drug-likeness (QED) is 0.946. The molecule has 0 aromatic carbocycles. The molecule has 0 aliphatic carbocycles. The summed E-state index contributed by atoms with van der Waals surface area (Å²) in [5.74, 6) is 2.52. The number of thioether (sulfide) groups is 1. The third kappa shape index (κ3) is 2.69. The van der Waals surface area contributed by atoms with Crippen LogP contribution in [0.25, 0.3) is 11.2 Å². The number of aromatic nitrogens is 3. The van der Waals surface area contributed by atoms with Gasteiger partial charge in [0.15, 0.2) is 5.65 Å². The number of nitrogens with zero attached hydrogens (tertiary/aromatic N) is 3. The lowest BCUT2D eigenvalue weighted by atomic mass is 10.1. The van der Waals surface area contributed by atoms with Crippen LogP contribution >= 0.6 is 11.8 Å². The largest absolute Gasteiger partial charge is 0.312 e. The number of nitrogens with one attached hydrogen (secondary N) is 1. The van der Waals surface area contributed by atoms with E-state index in [1.807, 2.05) is 12.3 Å². The van der Waals surface area contributed by atoms with E-state index in [4.69, 9.17) is 4.98 Å². The van der Waals surface area contributed by atoms with Gasteiger partial charge in [-0.1, -0.05) is 6.42 Å². The van der Waals surface area contributed by atoms with Crippen LogP contribution < -0.4 is 5.32 Å².